The number of nitrogens with one attached hydrogen (secondary N) is 1. The van der Waals surface area contributed by atoms with Crippen molar-refractivity contribution in [2.24, 2.45) is 5.73 Å². The van der Waals surface area contributed by atoms with Gasteiger partial charge in [0.25, 0.3) is 0 Å². The molecule has 7 nitrogen and oxygen atoms in total. The van der Waals surface area contributed by atoms with Crippen molar-refractivity contribution in [2.45, 2.75) is 24.9 Å². The Bertz CT molecular complexity index is 433. The summed E-state index contributed by atoms with van der Waals surface area (Å²) < 4.78 is 0. The summed E-state index contributed by atoms with van der Waals surface area (Å²) in [5.41, 5.74) is 10.6. The number of aliphatic hydroxyl groups excluding tert-OH is 1. The third-order valence-corrected chi connectivity index (χ3v) is 2.51. The SMILES string of the molecule is NC(=O)C(O)CNc1cc(N)nc(C2CC2)n1. The molecule has 1 unspecified atom stereocenters. The highest BCUT2D eigenvalue weighted by Crippen LogP contribution is 2.38. The van der Waals surface area contributed by atoms with E-state index >= 15 is 0 Å². The predicted molar refractivity (Wildman–Crippen MR) is 62.1 cm³/mol. The number of aromatic nitrogens is 2. The maximum Gasteiger partial charge on any atom is 0.248 e. The van der Waals surface area contributed by atoms with Crippen LogP contribution in [-0.2, 0) is 4.79 Å². The van der Waals surface area contributed by atoms with Crippen molar-refractivity contribution in [3.8, 4) is 0 Å². The molecule has 1 aliphatic carbocycles. The number of nitrogen functional groups attached to an aromatic ring is 1. The number of carbonyl (C=O) groups is 1. The molecule has 1 fully saturated rings. The molecule has 0 aliphatic heterocycles. The number of amides is 1. The summed E-state index contributed by atoms with van der Waals surface area (Å²) in [4.78, 5) is 19.0. The van der Waals surface area contributed by atoms with Crippen LogP contribution < -0.4 is 16.8 Å². The van der Waals surface area contributed by atoms with Crippen LogP contribution in [0.1, 0.15) is 24.6 Å². The molecule has 0 saturated heterocycles. The van der Waals surface area contributed by atoms with Gasteiger partial charge in [-0.25, -0.2) is 9.97 Å². The van der Waals surface area contributed by atoms with Gasteiger partial charge in [0.1, 0.15) is 23.6 Å². The summed E-state index contributed by atoms with van der Waals surface area (Å²) in [5, 5.41) is 12.0. The maximum atomic E-state index is 10.6. The van der Waals surface area contributed by atoms with Gasteiger partial charge in [-0.1, -0.05) is 0 Å². The topological polar surface area (TPSA) is 127 Å². The van der Waals surface area contributed by atoms with Crippen LogP contribution in [0.2, 0.25) is 0 Å². The van der Waals surface area contributed by atoms with E-state index in [2.05, 4.69) is 15.3 Å². The normalized spacial score (nSPS) is 16.5. The predicted octanol–water partition coefficient (Wildman–Crippen LogP) is -0.806. The van der Waals surface area contributed by atoms with Gasteiger partial charge in [-0.3, -0.25) is 4.79 Å². The van der Waals surface area contributed by atoms with Gasteiger partial charge in [0, 0.05) is 12.0 Å². The number of hydrogen-bond acceptors (Lipinski definition) is 6. The highest BCUT2D eigenvalue weighted by Gasteiger charge is 2.27. The molecule has 6 N–H and O–H groups in total. The number of nitrogens with two attached hydrogens (primary N) is 2. The summed E-state index contributed by atoms with van der Waals surface area (Å²) in [6, 6.07) is 1.56. The van der Waals surface area contributed by atoms with Crippen molar-refractivity contribution < 1.29 is 9.90 Å². The Morgan fingerprint density at radius 1 is 1.59 bits per heavy atom. The first-order chi connectivity index (χ1) is 8.06. The molecule has 92 valence electrons. The summed E-state index contributed by atoms with van der Waals surface area (Å²) in [7, 11) is 0. The Morgan fingerprint density at radius 2 is 2.29 bits per heavy atom. The minimum absolute atomic E-state index is 0.00981. The summed E-state index contributed by atoms with van der Waals surface area (Å²) in [6.07, 6.45) is 0.912. The molecule has 1 saturated carbocycles. The number of carbonyl (C=O) groups excluding carboxylic acids is 1. The van der Waals surface area contributed by atoms with Gasteiger partial charge >= 0.3 is 0 Å². The largest absolute Gasteiger partial charge is 0.384 e. The van der Waals surface area contributed by atoms with E-state index in [1.54, 1.807) is 6.07 Å². The van der Waals surface area contributed by atoms with Crippen LogP contribution in [0.25, 0.3) is 0 Å². The second-order valence-electron chi connectivity index (χ2n) is 4.11. The van der Waals surface area contributed by atoms with Crippen LogP contribution in [0, 0.1) is 0 Å². The molecule has 0 radical (unpaired) electrons. The lowest BCUT2D eigenvalue weighted by atomic mass is 10.3. The smallest absolute Gasteiger partial charge is 0.248 e. The molecule has 0 aromatic carbocycles. The van der Waals surface area contributed by atoms with Crippen LogP contribution in [0.3, 0.4) is 0 Å². The second-order valence-corrected chi connectivity index (χ2v) is 4.11. The van der Waals surface area contributed by atoms with E-state index < -0.39 is 12.0 Å². The highest BCUT2D eigenvalue weighted by atomic mass is 16.3. The Morgan fingerprint density at radius 3 is 2.88 bits per heavy atom. The molecule has 7 heteroatoms. The van der Waals surface area contributed by atoms with Gasteiger partial charge in [-0.05, 0) is 12.8 Å². The number of anilines is 2. The summed E-state index contributed by atoms with van der Waals surface area (Å²) in [6.45, 7) is 0.00981. The minimum atomic E-state index is -1.24. The summed E-state index contributed by atoms with van der Waals surface area (Å²) in [5.74, 6) is 1.20. The lowest BCUT2D eigenvalue weighted by molar-refractivity contribution is -0.125. The van der Waals surface area contributed by atoms with Crippen molar-refractivity contribution in [1.29, 1.82) is 0 Å². The Balaban J connectivity index is 2.02. The van der Waals surface area contributed by atoms with Crippen molar-refractivity contribution in [3.05, 3.63) is 11.9 Å². The zero-order valence-electron chi connectivity index (χ0n) is 9.26. The number of aliphatic hydroxyl groups is 1. The Kier molecular flexibility index (Phi) is 3.10. The van der Waals surface area contributed by atoms with Crippen LogP contribution in [0.15, 0.2) is 6.07 Å². The highest BCUT2D eigenvalue weighted by molar-refractivity contribution is 5.79. The quantitative estimate of drug-likeness (QED) is 0.530. The molecule has 1 heterocycles. The number of rotatable bonds is 5. The maximum absolute atomic E-state index is 10.6. The van der Waals surface area contributed by atoms with E-state index in [1.807, 2.05) is 0 Å². The third kappa shape index (κ3) is 3.04. The van der Waals surface area contributed by atoms with Gasteiger partial charge in [0.15, 0.2) is 0 Å². The number of nitrogens with zero attached hydrogens (tertiary/aromatic N) is 2. The first-order valence-corrected chi connectivity index (χ1v) is 5.42. The molecule has 0 bridgehead atoms. The Hall–Kier alpha value is -1.89. The number of primary amides is 1. The molecule has 17 heavy (non-hydrogen) atoms. The monoisotopic (exact) mass is 237 g/mol. The van der Waals surface area contributed by atoms with Crippen molar-refractivity contribution in [3.63, 3.8) is 0 Å². The molecular weight excluding hydrogens is 222 g/mol. The van der Waals surface area contributed by atoms with Gasteiger partial charge < -0.3 is 21.9 Å². The molecule has 2 rings (SSSR count). The van der Waals surface area contributed by atoms with E-state index in [0.717, 1.165) is 12.8 Å². The van der Waals surface area contributed by atoms with Crippen LogP contribution in [-0.4, -0.2) is 33.6 Å². The fraction of sp³-hybridized carbons (Fsp3) is 0.500. The molecule has 1 aromatic rings. The molecule has 1 amide bonds. The average molecular weight is 237 g/mol. The Labute approximate surface area is 98.2 Å². The molecular formula is C10H15N5O2. The molecule has 0 spiro atoms. The van der Waals surface area contributed by atoms with Crippen LogP contribution in [0.4, 0.5) is 11.6 Å². The van der Waals surface area contributed by atoms with Crippen LogP contribution in [0.5, 0.6) is 0 Å². The fourth-order valence-electron chi connectivity index (χ4n) is 1.40. The minimum Gasteiger partial charge on any atom is -0.384 e. The summed E-state index contributed by atoms with van der Waals surface area (Å²) >= 11 is 0. The van der Waals surface area contributed by atoms with Crippen molar-refractivity contribution in [1.82, 2.24) is 9.97 Å². The first-order valence-electron chi connectivity index (χ1n) is 5.42. The van der Waals surface area contributed by atoms with Crippen LogP contribution >= 0.6 is 0 Å². The average Bonchev–Trinajstić information content (AvgIpc) is 3.08. The van der Waals surface area contributed by atoms with E-state index in [0.29, 0.717) is 23.4 Å². The standard InChI is InChI=1S/C10H15N5O2/c11-7-3-8(13-4-6(16)9(12)17)15-10(14-7)5-1-2-5/h3,5-6,16H,1-2,4H2,(H2,12,17)(H3,11,13,14,15). The third-order valence-electron chi connectivity index (χ3n) is 2.51. The first kappa shape index (κ1) is 11.6. The number of hydrogen-bond donors (Lipinski definition) is 4. The second kappa shape index (κ2) is 4.54. The molecule has 1 aromatic heterocycles. The zero-order valence-corrected chi connectivity index (χ0v) is 9.26. The lowest BCUT2D eigenvalue weighted by Gasteiger charge is -2.10. The van der Waals surface area contributed by atoms with E-state index in [9.17, 15) is 9.90 Å². The fourth-order valence-corrected chi connectivity index (χ4v) is 1.40. The van der Waals surface area contributed by atoms with Gasteiger partial charge in [0.2, 0.25) is 5.91 Å². The van der Waals surface area contributed by atoms with E-state index in [4.69, 9.17) is 11.5 Å². The lowest BCUT2D eigenvalue weighted by Crippen LogP contribution is -2.34. The van der Waals surface area contributed by atoms with Crippen molar-refractivity contribution in [2.75, 3.05) is 17.6 Å². The molecule has 1 aliphatic rings. The zero-order chi connectivity index (χ0) is 12.4. The van der Waals surface area contributed by atoms with Gasteiger partial charge in [-0.15, -0.1) is 0 Å². The van der Waals surface area contributed by atoms with Gasteiger partial charge in [0.05, 0.1) is 6.54 Å². The van der Waals surface area contributed by atoms with E-state index in [-0.39, 0.29) is 6.54 Å². The molecule has 1 atom stereocenters. The van der Waals surface area contributed by atoms with Gasteiger partial charge in [-0.2, -0.15) is 0 Å². The van der Waals surface area contributed by atoms with E-state index in [1.165, 1.54) is 0 Å². The van der Waals surface area contributed by atoms with Crippen molar-refractivity contribution >= 4 is 17.5 Å².